The fraction of sp³-hybridized carbons (Fsp3) is 0.600. The van der Waals surface area contributed by atoms with Crippen molar-refractivity contribution in [2.45, 2.75) is 6.92 Å². The summed E-state index contributed by atoms with van der Waals surface area (Å²) in [4.78, 5) is 20.2. The van der Waals surface area contributed by atoms with E-state index < -0.39 is 17.9 Å². The van der Waals surface area contributed by atoms with Crippen LogP contribution in [0.1, 0.15) is 6.92 Å². The maximum absolute atomic E-state index is 10.1. The molecule has 0 heterocycles. The second-order valence-electron chi connectivity index (χ2n) is 1.98. The molecule has 0 fully saturated rings. The van der Waals surface area contributed by atoms with Crippen LogP contribution in [0.5, 0.6) is 0 Å². The van der Waals surface area contributed by atoms with Gasteiger partial charge in [-0.25, -0.2) is 4.79 Å². The molecule has 5 heteroatoms. The smallest absolute Gasteiger partial charge is 0.312 e. The molecule has 0 bridgehead atoms. The zero-order valence-corrected chi connectivity index (χ0v) is 5.63. The van der Waals surface area contributed by atoms with E-state index in [1.165, 1.54) is 6.92 Å². The van der Waals surface area contributed by atoms with Gasteiger partial charge in [0.05, 0.1) is 5.92 Å². The number of hydrogen-bond donors (Lipinski definition) is 3. The summed E-state index contributed by atoms with van der Waals surface area (Å²) in [7, 11) is 0. The first kappa shape index (κ1) is 8.74. The highest BCUT2D eigenvalue weighted by molar-refractivity contribution is 5.74. The van der Waals surface area contributed by atoms with Gasteiger partial charge in [-0.3, -0.25) is 4.79 Å². The second-order valence-corrected chi connectivity index (χ2v) is 1.98. The molecular weight excluding hydrogens is 136 g/mol. The number of amides is 2. The summed E-state index contributed by atoms with van der Waals surface area (Å²) in [6.45, 7) is 1.56. The number of aliphatic carboxylic acids is 1. The molecule has 2 amide bonds. The van der Waals surface area contributed by atoms with Gasteiger partial charge >= 0.3 is 12.0 Å². The first-order chi connectivity index (χ1) is 4.54. The van der Waals surface area contributed by atoms with Crippen molar-refractivity contribution in [1.82, 2.24) is 5.32 Å². The molecule has 1 atom stereocenters. The molecule has 0 aliphatic rings. The minimum Gasteiger partial charge on any atom is -0.481 e. The fourth-order valence-electron chi connectivity index (χ4n) is 0.341. The number of urea groups is 1. The van der Waals surface area contributed by atoms with Crippen molar-refractivity contribution in [1.29, 1.82) is 0 Å². The van der Waals surface area contributed by atoms with Gasteiger partial charge in [0.25, 0.3) is 0 Å². The van der Waals surface area contributed by atoms with E-state index in [2.05, 4.69) is 5.32 Å². The third-order valence-corrected chi connectivity index (χ3v) is 1.00. The molecule has 0 radical (unpaired) electrons. The van der Waals surface area contributed by atoms with Crippen molar-refractivity contribution < 1.29 is 14.7 Å². The average molecular weight is 146 g/mol. The Morgan fingerprint density at radius 3 is 2.50 bits per heavy atom. The van der Waals surface area contributed by atoms with Crippen LogP contribution in [0.3, 0.4) is 0 Å². The Balaban J connectivity index is 3.49. The summed E-state index contributed by atoms with van der Waals surface area (Å²) < 4.78 is 0. The van der Waals surface area contributed by atoms with Crippen LogP contribution < -0.4 is 11.1 Å². The van der Waals surface area contributed by atoms with Gasteiger partial charge in [0.15, 0.2) is 0 Å². The van der Waals surface area contributed by atoms with E-state index in [1.54, 1.807) is 0 Å². The molecule has 0 saturated carbocycles. The molecular formula is C5H10N2O3. The number of nitrogens with one attached hydrogen (secondary N) is 1. The number of carbonyl (C=O) groups is 2. The predicted molar refractivity (Wildman–Crippen MR) is 34.4 cm³/mol. The number of carboxylic acids is 1. The Kier molecular flexibility index (Phi) is 3.24. The zero-order valence-electron chi connectivity index (χ0n) is 5.63. The van der Waals surface area contributed by atoms with Crippen molar-refractivity contribution >= 4 is 12.0 Å². The summed E-state index contributed by atoms with van der Waals surface area (Å²) in [6.07, 6.45) is 0. The van der Waals surface area contributed by atoms with Gasteiger partial charge in [-0.15, -0.1) is 0 Å². The molecule has 0 aromatic carbocycles. The van der Waals surface area contributed by atoms with Gasteiger partial charge in [-0.1, -0.05) is 6.92 Å². The Bertz CT molecular complexity index is 146. The maximum Gasteiger partial charge on any atom is 0.312 e. The van der Waals surface area contributed by atoms with Crippen LogP contribution >= 0.6 is 0 Å². The van der Waals surface area contributed by atoms with Crippen LogP contribution in [0.4, 0.5) is 4.79 Å². The Morgan fingerprint density at radius 1 is 1.70 bits per heavy atom. The topological polar surface area (TPSA) is 92.4 Å². The summed E-state index contributed by atoms with van der Waals surface area (Å²) in [6, 6.07) is -0.701. The van der Waals surface area contributed by atoms with Crippen molar-refractivity contribution in [3.63, 3.8) is 0 Å². The average Bonchev–Trinajstić information content (AvgIpc) is 1.82. The van der Waals surface area contributed by atoms with Gasteiger partial charge in [0.2, 0.25) is 0 Å². The van der Waals surface area contributed by atoms with Gasteiger partial charge in [-0.05, 0) is 0 Å². The molecule has 0 spiro atoms. The zero-order chi connectivity index (χ0) is 8.15. The molecule has 58 valence electrons. The number of carbonyl (C=O) groups excluding carboxylic acids is 1. The SMILES string of the molecule is C[C@H](CNC(N)=O)C(=O)O. The summed E-state index contributed by atoms with van der Waals surface area (Å²) in [5, 5.41) is 10.5. The van der Waals surface area contributed by atoms with Crippen molar-refractivity contribution in [3.05, 3.63) is 0 Å². The highest BCUT2D eigenvalue weighted by atomic mass is 16.4. The van der Waals surface area contributed by atoms with Crippen LogP contribution in [0.15, 0.2) is 0 Å². The number of primary amides is 1. The van der Waals surface area contributed by atoms with E-state index in [-0.39, 0.29) is 6.54 Å². The quantitative estimate of drug-likeness (QED) is 0.495. The normalized spacial score (nSPS) is 12.1. The Hall–Kier alpha value is -1.26. The predicted octanol–water partition coefficient (Wildman–Crippen LogP) is -0.625. The van der Waals surface area contributed by atoms with Gasteiger partial charge < -0.3 is 16.2 Å². The van der Waals surface area contributed by atoms with E-state index in [0.29, 0.717) is 0 Å². The summed E-state index contributed by atoms with van der Waals surface area (Å²) in [5.74, 6) is -1.54. The summed E-state index contributed by atoms with van der Waals surface area (Å²) in [5.41, 5.74) is 4.70. The van der Waals surface area contributed by atoms with Crippen LogP contribution in [0.25, 0.3) is 0 Å². The molecule has 0 rings (SSSR count). The monoisotopic (exact) mass is 146 g/mol. The van der Waals surface area contributed by atoms with E-state index in [0.717, 1.165) is 0 Å². The number of hydrogen-bond acceptors (Lipinski definition) is 2. The summed E-state index contributed by atoms with van der Waals surface area (Å²) >= 11 is 0. The molecule has 4 N–H and O–H groups in total. The molecule has 0 saturated heterocycles. The standard InChI is InChI=1S/C5H10N2O3/c1-3(4(8)9)2-7-5(6)10/h3H,2H2,1H3,(H,8,9)(H3,6,7,10)/t3-/m1/s1. The van der Waals surface area contributed by atoms with Crippen molar-refractivity contribution in [3.8, 4) is 0 Å². The van der Waals surface area contributed by atoms with Crippen molar-refractivity contribution in [2.75, 3.05) is 6.54 Å². The first-order valence-corrected chi connectivity index (χ1v) is 2.80. The third-order valence-electron chi connectivity index (χ3n) is 1.00. The molecule has 10 heavy (non-hydrogen) atoms. The second kappa shape index (κ2) is 3.71. The Morgan fingerprint density at radius 2 is 2.20 bits per heavy atom. The lowest BCUT2D eigenvalue weighted by molar-refractivity contribution is -0.140. The maximum atomic E-state index is 10.1. The molecule has 0 aliphatic carbocycles. The minimum atomic E-state index is -0.950. The first-order valence-electron chi connectivity index (χ1n) is 2.80. The molecule has 0 aliphatic heterocycles. The van der Waals surface area contributed by atoms with E-state index >= 15 is 0 Å². The van der Waals surface area contributed by atoms with Gasteiger partial charge in [-0.2, -0.15) is 0 Å². The lowest BCUT2D eigenvalue weighted by Crippen LogP contribution is -2.35. The molecule has 0 aromatic rings. The van der Waals surface area contributed by atoms with Gasteiger partial charge in [0, 0.05) is 6.54 Å². The highest BCUT2D eigenvalue weighted by Gasteiger charge is 2.09. The van der Waals surface area contributed by atoms with E-state index in [4.69, 9.17) is 10.8 Å². The molecule has 0 unspecified atom stereocenters. The molecule has 0 aromatic heterocycles. The Labute approximate surface area is 58.2 Å². The lowest BCUT2D eigenvalue weighted by atomic mass is 10.2. The minimum absolute atomic E-state index is 0.0741. The van der Waals surface area contributed by atoms with Crippen LogP contribution in [0.2, 0.25) is 0 Å². The van der Waals surface area contributed by atoms with Crippen molar-refractivity contribution in [2.24, 2.45) is 11.7 Å². The number of rotatable bonds is 3. The van der Waals surface area contributed by atoms with Crippen LogP contribution in [-0.4, -0.2) is 23.7 Å². The lowest BCUT2D eigenvalue weighted by Gasteiger charge is -2.04. The number of nitrogens with two attached hydrogens (primary N) is 1. The third kappa shape index (κ3) is 3.71. The largest absolute Gasteiger partial charge is 0.481 e. The highest BCUT2D eigenvalue weighted by Crippen LogP contribution is 1.89. The van der Waals surface area contributed by atoms with Crippen LogP contribution in [-0.2, 0) is 4.79 Å². The van der Waals surface area contributed by atoms with E-state index in [1.807, 2.05) is 0 Å². The van der Waals surface area contributed by atoms with Crippen LogP contribution in [0, 0.1) is 5.92 Å². The van der Waals surface area contributed by atoms with E-state index in [9.17, 15) is 9.59 Å². The molecule has 5 nitrogen and oxygen atoms in total. The number of carboxylic acid groups (broad SMARTS) is 1. The fourth-order valence-corrected chi connectivity index (χ4v) is 0.341. The van der Waals surface area contributed by atoms with Gasteiger partial charge in [0.1, 0.15) is 0 Å².